The highest BCUT2D eigenvalue weighted by Crippen LogP contribution is 2.18. The molecule has 1 N–H and O–H groups in total. The summed E-state index contributed by atoms with van der Waals surface area (Å²) in [6.07, 6.45) is 1.77. The van der Waals surface area contributed by atoms with Crippen molar-refractivity contribution in [1.29, 1.82) is 0 Å². The molecule has 1 aromatic heterocycles. The third kappa shape index (κ3) is 2.18. The molecule has 0 radical (unpaired) electrons. The predicted octanol–water partition coefficient (Wildman–Crippen LogP) is 1.73. The number of carbonyl (C=O) groups is 1. The number of piperazine rings is 1. The highest BCUT2D eigenvalue weighted by Gasteiger charge is 2.29. The number of hydrogen-bond acceptors (Lipinski definition) is 3. The number of fused-ring (bicyclic) bond motifs is 1. The number of amides is 1. The lowest BCUT2D eigenvalue weighted by Gasteiger charge is -2.42. The van der Waals surface area contributed by atoms with Crippen molar-refractivity contribution in [2.45, 2.75) is 25.9 Å². The summed E-state index contributed by atoms with van der Waals surface area (Å²) < 4.78 is 0. The highest BCUT2D eigenvalue weighted by atomic mass is 16.2. The van der Waals surface area contributed by atoms with Crippen molar-refractivity contribution in [2.24, 2.45) is 0 Å². The summed E-state index contributed by atoms with van der Waals surface area (Å²) in [5.41, 5.74) is 1.64. The minimum Gasteiger partial charge on any atom is -0.336 e. The van der Waals surface area contributed by atoms with Crippen molar-refractivity contribution < 1.29 is 4.79 Å². The first-order chi connectivity index (χ1) is 9.56. The van der Waals surface area contributed by atoms with Crippen molar-refractivity contribution in [3.8, 4) is 0 Å². The van der Waals surface area contributed by atoms with Gasteiger partial charge in [-0.05, 0) is 33.0 Å². The van der Waals surface area contributed by atoms with Gasteiger partial charge < -0.3 is 4.90 Å². The van der Waals surface area contributed by atoms with E-state index >= 15 is 0 Å². The molecule has 1 aromatic carbocycles. The predicted molar refractivity (Wildman–Crippen MR) is 78.7 cm³/mol. The number of aromatic amines is 1. The number of benzene rings is 1. The van der Waals surface area contributed by atoms with Crippen LogP contribution in [0.15, 0.2) is 24.4 Å². The average molecular weight is 272 g/mol. The van der Waals surface area contributed by atoms with Crippen LogP contribution in [0.2, 0.25) is 0 Å². The van der Waals surface area contributed by atoms with E-state index in [2.05, 4.69) is 36.0 Å². The zero-order valence-electron chi connectivity index (χ0n) is 12.1. The molecule has 0 aliphatic carbocycles. The molecule has 5 heteroatoms. The van der Waals surface area contributed by atoms with Crippen LogP contribution in [0.1, 0.15) is 24.2 Å². The van der Waals surface area contributed by atoms with E-state index in [1.54, 1.807) is 6.20 Å². The summed E-state index contributed by atoms with van der Waals surface area (Å²) in [4.78, 5) is 16.9. The average Bonchev–Trinajstić information content (AvgIpc) is 2.90. The molecular formula is C15H20N4O. The van der Waals surface area contributed by atoms with Crippen LogP contribution < -0.4 is 0 Å². The SMILES string of the molecule is CC1CN(C(=O)c2ccc3cn[nH]c3c2)CC(C)N1C. The number of nitrogens with one attached hydrogen (secondary N) is 1. The molecule has 2 aromatic rings. The second-order valence-electron chi connectivity index (χ2n) is 5.75. The van der Waals surface area contributed by atoms with E-state index in [-0.39, 0.29) is 5.91 Å². The van der Waals surface area contributed by atoms with Crippen LogP contribution in [-0.4, -0.2) is 58.1 Å². The van der Waals surface area contributed by atoms with Crippen LogP contribution in [0.4, 0.5) is 0 Å². The third-order valence-electron chi connectivity index (χ3n) is 4.34. The van der Waals surface area contributed by atoms with Gasteiger partial charge in [-0.1, -0.05) is 6.07 Å². The standard InChI is InChI=1S/C15H20N4O/c1-10-8-19(9-11(2)18(10)3)15(20)12-4-5-13-7-16-17-14(13)6-12/h4-7,10-11H,8-9H2,1-3H3,(H,16,17). The molecule has 0 saturated carbocycles. The summed E-state index contributed by atoms with van der Waals surface area (Å²) in [5.74, 6) is 0.105. The van der Waals surface area contributed by atoms with Gasteiger partial charge in [0.25, 0.3) is 5.91 Å². The summed E-state index contributed by atoms with van der Waals surface area (Å²) >= 11 is 0. The first-order valence-electron chi connectivity index (χ1n) is 7.00. The molecule has 1 aliphatic rings. The van der Waals surface area contributed by atoms with E-state index < -0.39 is 0 Å². The Morgan fingerprint density at radius 3 is 2.70 bits per heavy atom. The maximum atomic E-state index is 12.6. The molecule has 0 spiro atoms. The molecule has 106 valence electrons. The Morgan fingerprint density at radius 2 is 2.00 bits per heavy atom. The van der Waals surface area contributed by atoms with Gasteiger partial charge in [-0.25, -0.2) is 0 Å². The van der Waals surface area contributed by atoms with Gasteiger partial charge in [-0.3, -0.25) is 14.8 Å². The summed E-state index contributed by atoms with van der Waals surface area (Å²) in [7, 11) is 2.12. The van der Waals surface area contributed by atoms with Crippen LogP contribution in [0.25, 0.3) is 10.9 Å². The lowest BCUT2D eigenvalue weighted by molar-refractivity contribution is 0.0414. The number of likely N-dealkylation sites (N-methyl/N-ethyl adjacent to an activating group) is 1. The molecule has 2 heterocycles. The fraction of sp³-hybridized carbons (Fsp3) is 0.467. The van der Waals surface area contributed by atoms with Crippen LogP contribution in [0.3, 0.4) is 0 Å². The van der Waals surface area contributed by atoms with Gasteiger partial charge in [-0.2, -0.15) is 5.10 Å². The minimum atomic E-state index is 0.105. The molecule has 20 heavy (non-hydrogen) atoms. The Hall–Kier alpha value is -1.88. The normalized spacial score (nSPS) is 24.2. The minimum absolute atomic E-state index is 0.105. The third-order valence-corrected chi connectivity index (χ3v) is 4.34. The molecule has 2 atom stereocenters. The van der Waals surface area contributed by atoms with Gasteiger partial charge in [0.05, 0.1) is 11.7 Å². The van der Waals surface area contributed by atoms with Gasteiger partial charge in [-0.15, -0.1) is 0 Å². The maximum Gasteiger partial charge on any atom is 0.254 e. The van der Waals surface area contributed by atoms with E-state index in [9.17, 15) is 4.79 Å². The second-order valence-corrected chi connectivity index (χ2v) is 5.75. The molecule has 1 saturated heterocycles. The fourth-order valence-corrected chi connectivity index (χ4v) is 2.82. The van der Waals surface area contributed by atoms with E-state index in [0.717, 1.165) is 29.6 Å². The molecule has 1 fully saturated rings. The van der Waals surface area contributed by atoms with Gasteiger partial charge >= 0.3 is 0 Å². The molecule has 1 amide bonds. The summed E-state index contributed by atoms with van der Waals surface area (Å²) in [6, 6.07) is 6.48. The van der Waals surface area contributed by atoms with Crippen LogP contribution in [0.5, 0.6) is 0 Å². The van der Waals surface area contributed by atoms with Crippen molar-refractivity contribution in [1.82, 2.24) is 20.0 Å². The van der Waals surface area contributed by atoms with Crippen molar-refractivity contribution in [2.75, 3.05) is 20.1 Å². The number of carbonyl (C=O) groups excluding carboxylic acids is 1. The smallest absolute Gasteiger partial charge is 0.254 e. The Balaban J connectivity index is 1.84. The Morgan fingerprint density at radius 1 is 1.30 bits per heavy atom. The summed E-state index contributed by atoms with van der Waals surface area (Å²) in [6.45, 7) is 5.88. The number of rotatable bonds is 1. The Kier molecular flexibility index (Phi) is 3.22. The topological polar surface area (TPSA) is 52.2 Å². The lowest BCUT2D eigenvalue weighted by Crippen LogP contribution is -2.56. The number of H-pyrrole nitrogens is 1. The molecule has 0 bridgehead atoms. The molecule has 5 nitrogen and oxygen atoms in total. The monoisotopic (exact) mass is 272 g/mol. The van der Waals surface area contributed by atoms with Crippen LogP contribution in [-0.2, 0) is 0 Å². The van der Waals surface area contributed by atoms with Gasteiger partial charge in [0.15, 0.2) is 0 Å². The zero-order chi connectivity index (χ0) is 14.3. The van der Waals surface area contributed by atoms with E-state index in [1.807, 2.05) is 23.1 Å². The quantitative estimate of drug-likeness (QED) is 0.860. The summed E-state index contributed by atoms with van der Waals surface area (Å²) in [5, 5.41) is 7.93. The largest absolute Gasteiger partial charge is 0.336 e. The molecule has 3 rings (SSSR count). The first kappa shape index (κ1) is 13.1. The van der Waals surface area contributed by atoms with E-state index in [4.69, 9.17) is 0 Å². The molecular weight excluding hydrogens is 252 g/mol. The van der Waals surface area contributed by atoms with Gasteiger partial charge in [0.1, 0.15) is 0 Å². The van der Waals surface area contributed by atoms with Crippen LogP contribution in [0, 0.1) is 0 Å². The second kappa shape index (κ2) is 4.90. The van der Waals surface area contributed by atoms with Crippen molar-refractivity contribution in [3.63, 3.8) is 0 Å². The Bertz CT molecular complexity index is 624. The van der Waals surface area contributed by atoms with Crippen LogP contribution >= 0.6 is 0 Å². The number of hydrogen-bond donors (Lipinski definition) is 1. The zero-order valence-corrected chi connectivity index (χ0v) is 12.1. The first-order valence-corrected chi connectivity index (χ1v) is 7.00. The Labute approximate surface area is 118 Å². The lowest BCUT2D eigenvalue weighted by atomic mass is 10.1. The van der Waals surface area contributed by atoms with Crippen molar-refractivity contribution >= 4 is 16.8 Å². The van der Waals surface area contributed by atoms with E-state index in [1.165, 1.54) is 0 Å². The van der Waals surface area contributed by atoms with E-state index in [0.29, 0.717) is 12.1 Å². The highest BCUT2D eigenvalue weighted by molar-refractivity contribution is 5.97. The van der Waals surface area contributed by atoms with Gasteiger partial charge in [0, 0.05) is 36.1 Å². The molecule has 2 unspecified atom stereocenters. The number of nitrogens with zero attached hydrogens (tertiary/aromatic N) is 3. The molecule has 1 aliphatic heterocycles. The van der Waals surface area contributed by atoms with Crippen molar-refractivity contribution in [3.05, 3.63) is 30.0 Å². The van der Waals surface area contributed by atoms with Gasteiger partial charge in [0.2, 0.25) is 0 Å². The number of aromatic nitrogens is 2. The maximum absolute atomic E-state index is 12.6. The fourth-order valence-electron chi connectivity index (χ4n) is 2.82.